The molecule has 6 nitrogen and oxygen atoms in total. The standard InChI is InChI=1S/C22H20N2O4/c25-22(12-17-6-9-20-21(11-17)28-15-27-20)24-13-16-4-7-19(8-5-16)26-14-18-3-1-2-10-23-18/h1-11H,12-15H2,(H,24,25). The molecule has 0 fully saturated rings. The maximum atomic E-state index is 12.2. The Morgan fingerprint density at radius 2 is 1.82 bits per heavy atom. The van der Waals surface area contributed by atoms with Gasteiger partial charge in [-0.25, -0.2) is 0 Å². The summed E-state index contributed by atoms with van der Waals surface area (Å²) in [4.78, 5) is 16.4. The van der Waals surface area contributed by atoms with E-state index in [1.54, 1.807) is 6.20 Å². The minimum absolute atomic E-state index is 0.0469. The molecule has 1 aliphatic rings. The van der Waals surface area contributed by atoms with Crippen molar-refractivity contribution in [3.05, 3.63) is 83.7 Å². The van der Waals surface area contributed by atoms with Gasteiger partial charge in [-0.05, 0) is 47.5 Å². The molecule has 142 valence electrons. The number of ether oxygens (including phenoxy) is 3. The van der Waals surface area contributed by atoms with Crippen LogP contribution in [0.15, 0.2) is 66.9 Å². The van der Waals surface area contributed by atoms with Gasteiger partial charge in [-0.2, -0.15) is 0 Å². The summed E-state index contributed by atoms with van der Waals surface area (Å²) in [5, 5.41) is 2.93. The van der Waals surface area contributed by atoms with Crippen LogP contribution in [0.3, 0.4) is 0 Å². The third kappa shape index (κ3) is 4.59. The quantitative estimate of drug-likeness (QED) is 0.686. The normalized spacial score (nSPS) is 11.9. The smallest absolute Gasteiger partial charge is 0.231 e. The first kappa shape index (κ1) is 17.9. The highest BCUT2D eigenvalue weighted by Gasteiger charge is 2.14. The maximum Gasteiger partial charge on any atom is 0.231 e. The Kier molecular flexibility index (Phi) is 5.38. The van der Waals surface area contributed by atoms with Crippen molar-refractivity contribution < 1.29 is 19.0 Å². The Morgan fingerprint density at radius 1 is 1.00 bits per heavy atom. The first-order chi connectivity index (χ1) is 13.8. The van der Waals surface area contributed by atoms with Crippen LogP contribution >= 0.6 is 0 Å². The highest BCUT2D eigenvalue weighted by molar-refractivity contribution is 5.78. The van der Waals surface area contributed by atoms with Crippen LogP contribution in [0.1, 0.15) is 16.8 Å². The number of nitrogens with zero attached hydrogens (tertiary/aromatic N) is 1. The fraction of sp³-hybridized carbons (Fsp3) is 0.182. The summed E-state index contributed by atoms with van der Waals surface area (Å²) in [6.45, 7) is 1.11. The van der Waals surface area contributed by atoms with Crippen LogP contribution in [0, 0.1) is 0 Å². The number of carbonyl (C=O) groups excluding carboxylic acids is 1. The molecule has 1 aliphatic heterocycles. The lowest BCUT2D eigenvalue weighted by Gasteiger charge is -2.08. The van der Waals surface area contributed by atoms with Crippen molar-refractivity contribution in [1.82, 2.24) is 10.3 Å². The number of benzene rings is 2. The number of rotatable bonds is 7. The topological polar surface area (TPSA) is 69.7 Å². The monoisotopic (exact) mass is 376 g/mol. The number of pyridine rings is 1. The van der Waals surface area contributed by atoms with Gasteiger partial charge in [-0.1, -0.05) is 24.3 Å². The zero-order chi connectivity index (χ0) is 19.2. The molecule has 2 aromatic carbocycles. The Hall–Kier alpha value is -3.54. The molecule has 6 heteroatoms. The number of carbonyl (C=O) groups is 1. The van der Waals surface area contributed by atoms with Gasteiger partial charge in [0.15, 0.2) is 11.5 Å². The summed E-state index contributed by atoms with van der Waals surface area (Å²) >= 11 is 0. The molecule has 28 heavy (non-hydrogen) atoms. The zero-order valence-corrected chi connectivity index (χ0v) is 15.3. The number of nitrogens with one attached hydrogen (secondary N) is 1. The van der Waals surface area contributed by atoms with E-state index >= 15 is 0 Å². The van der Waals surface area contributed by atoms with E-state index in [1.807, 2.05) is 60.7 Å². The van der Waals surface area contributed by atoms with Crippen molar-refractivity contribution in [2.24, 2.45) is 0 Å². The van der Waals surface area contributed by atoms with Crippen molar-refractivity contribution in [3.8, 4) is 17.2 Å². The molecule has 4 rings (SSSR count). The second kappa shape index (κ2) is 8.43. The van der Waals surface area contributed by atoms with E-state index in [-0.39, 0.29) is 12.7 Å². The van der Waals surface area contributed by atoms with Gasteiger partial charge < -0.3 is 19.5 Å². The van der Waals surface area contributed by atoms with Crippen molar-refractivity contribution in [2.75, 3.05) is 6.79 Å². The molecule has 3 aromatic rings. The highest BCUT2D eigenvalue weighted by Crippen LogP contribution is 2.32. The van der Waals surface area contributed by atoms with Crippen molar-refractivity contribution in [2.45, 2.75) is 19.6 Å². The number of amides is 1. The summed E-state index contributed by atoms with van der Waals surface area (Å²) in [6, 6.07) is 18.9. The maximum absolute atomic E-state index is 12.2. The number of fused-ring (bicyclic) bond motifs is 1. The van der Waals surface area contributed by atoms with Crippen LogP contribution < -0.4 is 19.5 Å². The molecule has 0 spiro atoms. The molecule has 0 saturated carbocycles. The average Bonchev–Trinajstić information content (AvgIpc) is 3.20. The Morgan fingerprint density at radius 3 is 2.64 bits per heavy atom. The van der Waals surface area contributed by atoms with Gasteiger partial charge in [0.05, 0.1) is 12.1 Å². The molecule has 1 amide bonds. The third-order valence-corrected chi connectivity index (χ3v) is 4.33. The van der Waals surface area contributed by atoms with E-state index < -0.39 is 0 Å². The van der Waals surface area contributed by atoms with E-state index in [1.165, 1.54) is 0 Å². The average molecular weight is 376 g/mol. The predicted molar refractivity (Wildman–Crippen MR) is 103 cm³/mol. The van der Waals surface area contributed by atoms with E-state index in [2.05, 4.69) is 10.3 Å². The summed E-state index contributed by atoms with van der Waals surface area (Å²) in [5.74, 6) is 2.12. The van der Waals surface area contributed by atoms with E-state index in [4.69, 9.17) is 14.2 Å². The second-order valence-electron chi connectivity index (χ2n) is 6.39. The molecule has 1 aromatic heterocycles. The Labute approximate surface area is 163 Å². The molecular weight excluding hydrogens is 356 g/mol. The summed E-state index contributed by atoms with van der Waals surface area (Å²) in [6.07, 6.45) is 2.04. The lowest BCUT2D eigenvalue weighted by atomic mass is 10.1. The largest absolute Gasteiger partial charge is 0.487 e. The number of hydrogen-bond donors (Lipinski definition) is 1. The van der Waals surface area contributed by atoms with Crippen LogP contribution in [0.25, 0.3) is 0 Å². The molecule has 0 atom stereocenters. The third-order valence-electron chi connectivity index (χ3n) is 4.33. The van der Waals surface area contributed by atoms with Crippen molar-refractivity contribution in [3.63, 3.8) is 0 Å². The van der Waals surface area contributed by atoms with E-state index in [0.717, 1.165) is 28.3 Å². The van der Waals surface area contributed by atoms with Gasteiger partial charge >= 0.3 is 0 Å². The molecule has 0 saturated heterocycles. The molecule has 1 N–H and O–H groups in total. The minimum atomic E-state index is -0.0469. The lowest BCUT2D eigenvalue weighted by Crippen LogP contribution is -2.24. The van der Waals surface area contributed by atoms with Gasteiger partial charge in [0, 0.05) is 12.7 Å². The zero-order valence-electron chi connectivity index (χ0n) is 15.3. The molecule has 0 unspecified atom stereocenters. The van der Waals surface area contributed by atoms with Crippen LogP contribution in [0.2, 0.25) is 0 Å². The first-order valence-corrected chi connectivity index (χ1v) is 9.03. The van der Waals surface area contributed by atoms with Crippen molar-refractivity contribution >= 4 is 5.91 Å². The summed E-state index contributed by atoms with van der Waals surface area (Å²) in [5.41, 5.74) is 2.77. The van der Waals surface area contributed by atoms with Crippen LogP contribution in [-0.2, 0) is 24.4 Å². The summed E-state index contributed by atoms with van der Waals surface area (Å²) in [7, 11) is 0. The molecule has 0 radical (unpaired) electrons. The summed E-state index contributed by atoms with van der Waals surface area (Å²) < 4.78 is 16.3. The molecule has 0 bridgehead atoms. The van der Waals surface area contributed by atoms with E-state index in [9.17, 15) is 4.79 Å². The van der Waals surface area contributed by atoms with Crippen LogP contribution in [0.5, 0.6) is 17.2 Å². The number of aromatic nitrogens is 1. The number of hydrogen-bond acceptors (Lipinski definition) is 5. The molecular formula is C22H20N2O4. The fourth-order valence-corrected chi connectivity index (χ4v) is 2.84. The van der Waals surface area contributed by atoms with Gasteiger partial charge in [0.2, 0.25) is 12.7 Å². The van der Waals surface area contributed by atoms with Gasteiger partial charge in [-0.15, -0.1) is 0 Å². The van der Waals surface area contributed by atoms with E-state index in [0.29, 0.717) is 25.3 Å². The fourth-order valence-electron chi connectivity index (χ4n) is 2.84. The minimum Gasteiger partial charge on any atom is -0.487 e. The van der Waals surface area contributed by atoms with Crippen LogP contribution in [0.4, 0.5) is 0 Å². The lowest BCUT2D eigenvalue weighted by molar-refractivity contribution is -0.120. The SMILES string of the molecule is O=C(Cc1ccc2c(c1)OCO2)NCc1ccc(OCc2ccccn2)cc1. The van der Waals surface area contributed by atoms with Gasteiger partial charge in [-0.3, -0.25) is 9.78 Å². The molecule has 2 heterocycles. The molecule has 0 aliphatic carbocycles. The van der Waals surface area contributed by atoms with Gasteiger partial charge in [0.25, 0.3) is 0 Å². The highest BCUT2D eigenvalue weighted by atomic mass is 16.7. The second-order valence-corrected chi connectivity index (χ2v) is 6.39. The Bertz CT molecular complexity index is 943. The van der Waals surface area contributed by atoms with Gasteiger partial charge in [0.1, 0.15) is 12.4 Å². The first-order valence-electron chi connectivity index (χ1n) is 9.03. The van der Waals surface area contributed by atoms with Crippen LogP contribution in [-0.4, -0.2) is 17.7 Å². The predicted octanol–water partition coefficient (Wildman–Crippen LogP) is 3.25. The Balaban J connectivity index is 1.24. The van der Waals surface area contributed by atoms with Crippen molar-refractivity contribution in [1.29, 1.82) is 0 Å².